The van der Waals surface area contributed by atoms with E-state index in [1.165, 1.54) is 19.1 Å². The highest BCUT2D eigenvalue weighted by atomic mass is 19.2. The summed E-state index contributed by atoms with van der Waals surface area (Å²) in [7, 11) is 0. The Hall–Kier alpha value is -1.25. The second-order valence-electron chi connectivity index (χ2n) is 3.47. The molecule has 0 nitrogen and oxygen atoms in total. The molecule has 0 unspecified atom stereocenters. The van der Waals surface area contributed by atoms with Crippen LogP contribution in [-0.4, -0.2) is 0 Å². The first kappa shape index (κ1) is 11.8. The molecule has 15 heavy (non-hydrogen) atoms. The molecule has 0 atom stereocenters. The van der Waals surface area contributed by atoms with Gasteiger partial charge in [-0.15, -0.1) is 0 Å². The Kier molecular flexibility index (Phi) is 3.56. The smallest absolute Gasteiger partial charge is 0.169 e. The average Bonchev–Trinajstić information content (AvgIpc) is 2.15. The van der Waals surface area contributed by atoms with Crippen molar-refractivity contribution in [2.24, 2.45) is 0 Å². The maximum absolute atomic E-state index is 13.4. The summed E-state index contributed by atoms with van der Waals surface area (Å²) in [6.07, 6.45) is 1.68. The molecule has 0 aliphatic rings. The van der Waals surface area contributed by atoms with E-state index in [0.29, 0.717) is 12.0 Å². The molecule has 0 aliphatic heterocycles. The van der Waals surface area contributed by atoms with Gasteiger partial charge in [0.1, 0.15) is 5.83 Å². The number of halogens is 3. The molecule has 82 valence electrons. The fourth-order valence-corrected chi connectivity index (χ4v) is 1.49. The van der Waals surface area contributed by atoms with Crippen LogP contribution in [0.5, 0.6) is 0 Å². The van der Waals surface area contributed by atoms with E-state index in [4.69, 9.17) is 0 Å². The lowest BCUT2D eigenvalue weighted by Crippen LogP contribution is -1.98. The maximum atomic E-state index is 13.4. The summed E-state index contributed by atoms with van der Waals surface area (Å²) in [5.41, 5.74) is 0.339. The van der Waals surface area contributed by atoms with Gasteiger partial charge in [-0.2, -0.15) is 0 Å². The van der Waals surface area contributed by atoms with Crippen molar-refractivity contribution in [3.63, 3.8) is 0 Å². The quantitative estimate of drug-likeness (QED) is 0.688. The van der Waals surface area contributed by atoms with E-state index in [-0.39, 0.29) is 11.1 Å². The Balaban J connectivity index is 3.42. The summed E-state index contributed by atoms with van der Waals surface area (Å²) in [4.78, 5) is 0. The minimum absolute atomic E-state index is 0.193. The van der Waals surface area contributed by atoms with Crippen LogP contribution in [0.2, 0.25) is 0 Å². The number of rotatable bonds is 2. The van der Waals surface area contributed by atoms with Gasteiger partial charge in [-0.25, -0.2) is 13.2 Å². The van der Waals surface area contributed by atoms with E-state index >= 15 is 0 Å². The highest BCUT2D eigenvalue weighted by molar-refractivity contribution is 5.63. The van der Waals surface area contributed by atoms with Crippen LogP contribution >= 0.6 is 0 Å². The standard InChI is InChI=1S/C12H13F3/c1-4-5-9(13)10-7(2)6-8(3)11(14)12(10)15/h5-6H,4H2,1-3H3/b9-5+. The van der Waals surface area contributed by atoms with Crippen LogP contribution in [0.1, 0.15) is 30.0 Å². The Morgan fingerprint density at radius 1 is 1.20 bits per heavy atom. The van der Waals surface area contributed by atoms with Crippen molar-refractivity contribution >= 4 is 5.83 Å². The fourth-order valence-electron chi connectivity index (χ4n) is 1.49. The highest BCUT2D eigenvalue weighted by Gasteiger charge is 2.17. The number of aryl methyl sites for hydroxylation is 2. The molecule has 1 aromatic rings. The van der Waals surface area contributed by atoms with Crippen LogP contribution in [0.15, 0.2) is 12.1 Å². The van der Waals surface area contributed by atoms with E-state index in [9.17, 15) is 13.2 Å². The van der Waals surface area contributed by atoms with Gasteiger partial charge in [0.15, 0.2) is 11.6 Å². The predicted molar refractivity (Wildman–Crippen MR) is 55.2 cm³/mol. The Labute approximate surface area is 87.4 Å². The third kappa shape index (κ3) is 2.22. The zero-order valence-corrected chi connectivity index (χ0v) is 9.00. The third-order valence-corrected chi connectivity index (χ3v) is 2.21. The van der Waals surface area contributed by atoms with Crippen LogP contribution in [0.4, 0.5) is 13.2 Å². The molecule has 1 aromatic carbocycles. The number of allylic oxidation sites excluding steroid dienone is 1. The molecule has 0 heterocycles. The minimum atomic E-state index is -1.10. The van der Waals surface area contributed by atoms with E-state index < -0.39 is 17.5 Å². The van der Waals surface area contributed by atoms with Crippen LogP contribution in [-0.2, 0) is 0 Å². The second kappa shape index (κ2) is 4.51. The maximum Gasteiger partial charge on any atom is 0.169 e. The van der Waals surface area contributed by atoms with Gasteiger partial charge >= 0.3 is 0 Å². The molecular formula is C12H13F3. The summed E-state index contributed by atoms with van der Waals surface area (Å²) in [6.45, 7) is 4.75. The molecule has 0 bridgehead atoms. The first-order valence-corrected chi connectivity index (χ1v) is 4.80. The van der Waals surface area contributed by atoms with Crippen LogP contribution in [0.3, 0.4) is 0 Å². The monoisotopic (exact) mass is 214 g/mol. The van der Waals surface area contributed by atoms with Crippen molar-refractivity contribution < 1.29 is 13.2 Å². The molecule has 0 saturated heterocycles. The van der Waals surface area contributed by atoms with Gasteiger partial charge in [0, 0.05) is 0 Å². The lowest BCUT2D eigenvalue weighted by molar-refractivity contribution is 0.496. The predicted octanol–water partition coefficient (Wildman–Crippen LogP) is 4.30. The molecule has 0 aromatic heterocycles. The summed E-state index contributed by atoms with van der Waals surface area (Å²) in [5, 5.41) is 0. The van der Waals surface area contributed by atoms with Gasteiger partial charge in [-0.1, -0.05) is 13.0 Å². The van der Waals surface area contributed by atoms with Crippen LogP contribution in [0.25, 0.3) is 5.83 Å². The lowest BCUT2D eigenvalue weighted by atomic mass is 10.0. The first-order chi connectivity index (χ1) is 6.99. The first-order valence-electron chi connectivity index (χ1n) is 4.80. The molecule has 0 spiro atoms. The summed E-state index contributed by atoms with van der Waals surface area (Å²) < 4.78 is 40.1. The van der Waals surface area contributed by atoms with Gasteiger partial charge < -0.3 is 0 Å². The number of benzene rings is 1. The van der Waals surface area contributed by atoms with Crippen LogP contribution in [0, 0.1) is 25.5 Å². The zero-order valence-electron chi connectivity index (χ0n) is 9.00. The van der Waals surface area contributed by atoms with E-state index in [1.54, 1.807) is 13.8 Å². The van der Waals surface area contributed by atoms with Crippen molar-refractivity contribution in [2.75, 3.05) is 0 Å². The van der Waals surface area contributed by atoms with E-state index in [0.717, 1.165) is 0 Å². The van der Waals surface area contributed by atoms with Crippen molar-refractivity contribution in [1.82, 2.24) is 0 Å². The van der Waals surface area contributed by atoms with Gasteiger partial charge in [0.05, 0.1) is 5.56 Å². The van der Waals surface area contributed by atoms with Crippen molar-refractivity contribution in [1.29, 1.82) is 0 Å². The molecule has 0 aliphatic carbocycles. The fraction of sp³-hybridized carbons (Fsp3) is 0.333. The van der Waals surface area contributed by atoms with Crippen molar-refractivity contribution in [3.05, 3.63) is 40.5 Å². The zero-order chi connectivity index (χ0) is 11.6. The molecule has 0 N–H and O–H groups in total. The molecule has 1 rings (SSSR count). The van der Waals surface area contributed by atoms with E-state index in [2.05, 4.69) is 0 Å². The Morgan fingerprint density at radius 2 is 1.80 bits per heavy atom. The Bertz CT molecular complexity index is 406. The molecule has 0 fully saturated rings. The van der Waals surface area contributed by atoms with Gasteiger partial charge in [-0.3, -0.25) is 0 Å². The molecule has 3 heteroatoms. The summed E-state index contributed by atoms with van der Waals surface area (Å²) in [6, 6.07) is 1.44. The second-order valence-corrected chi connectivity index (χ2v) is 3.47. The molecule has 0 saturated carbocycles. The number of hydrogen-bond donors (Lipinski definition) is 0. The van der Waals surface area contributed by atoms with Crippen molar-refractivity contribution in [3.8, 4) is 0 Å². The van der Waals surface area contributed by atoms with Gasteiger partial charge in [0.2, 0.25) is 0 Å². The third-order valence-electron chi connectivity index (χ3n) is 2.21. The lowest BCUT2D eigenvalue weighted by Gasteiger charge is -2.08. The summed E-state index contributed by atoms with van der Waals surface area (Å²) >= 11 is 0. The normalized spacial score (nSPS) is 12.0. The largest absolute Gasteiger partial charge is 0.207 e. The molecule has 0 radical (unpaired) electrons. The Morgan fingerprint density at radius 3 is 2.33 bits per heavy atom. The highest BCUT2D eigenvalue weighted by Crippen LogP contribution is 2.27. The minimum Gasteiger partial charge on any atom is -0.207 e. The average molecular weight is 214 g/mol. The number of hydrogen-bond acceptors (Lipinski definition) is 0. The van der Waals surface area contributed by atoms with Crippen LogP contribution < -0.4 is 0 Å². The van der Waals surface area contributed by atoms with Gasteiger partial charge in [0.25, 0.3) is 0 Å². The van der Waals surface area contributed by atoms with E-state index in [1.807, 2.05) is 0 Å². The van der Waals surface area contributed by atoms with Gasteiger partial charge in [-0.05, 0) is 37.5 Å². The molecule has 0 amide bonds. The van der Waals surface area contributed by atoms with Crippen molar-refractivity contribution in [2.45, 2.75) is 27.2 Å². The topological polar surface area (TPSA) is 0 Å². The SMILES string of the molecule is CC/C=C(/F)c1c(C)cc(C)c(F)c1F. The summed E-state index contributed by atoms with van der Waals surface area (Å²) in [5.74, 6) is -2.78. The molecular weight excluding hydrogens is 201 g/mol.